The highest BCUT2D eigenvalue weighted by molar-refractivity contribution is 8.00. The van der Waals surface area contributed by atoms with E-state index in [-0.39, 0.29) is 5.25 Å². The van der Waals surface area contributed by atoms with Gasteiger partial charge in [0.2, 0.25) is 0 Å². The molecule has 1 aromatic heterocycles. The molecule has 1 N–H and O–H groups in total. The SMILES string of the molecule is Cc1ccncc1C1(O)CCSC1C. The van der Waals surface area contributed by atoms with Gasteiger partial charge in [-0.15, -0.1) is 0 Å². The molecule has 0 radical (unpaired) electrons. The second kappa shape index (κ2) is 3.55. The molecular weight excluding hydrogens is 194 g/mol. The first-order valence-corrected chi connectivity index (χ1v) is 5.94. The summed E-state index contributed by atoms with van der Waals surface area (Å²) < 4.78 is 0. The van der Waals surface area contributed by atoms with Crippen LogP contribution >= 0.6 is 11.8 Å². The molecule has 76 valence electrons. The van der Waals surface area contributed by atoms with E-state index in [1.807, 2.05) is 24.8 Å². The van der Waals surface area contributed by atoms with Crippen molar-refractivity contribution in [2.24, 2.45) is 0 Å². The number of aliphatic hydroxyl groups is 1. The molecule has 2 unspecified atom stereocenters. The predicted octanol–water partition coefficient (Wildman–Crippen LogP) is 2.10. The third kappa shape index (κ3) is 1.44. The van der Waals surface area contributed by atoms with E-state index in [9.17, 15) is 5.11 Å². The molecule has 0 aromatic carbocycles. The minimum atomic E-state index is -0.664. The molecule has 1 fully saturated rings. The number of aromatic nitrogens is 1. The van der Waals surface area contributed by atoms with Gasteiger partial charge in [-0.05, 0) is 30.7 Å². The third-order valence-electron chi connectivity index (χ3n) is 3.03. The lowest BCUT2D eigenvalue weighted by Crippen LogP contribution is -2.32. The molecule has 2 atom stereocenters. The minimum Gasteiger partial charge on any atom is -0.384 e. The number of hydrogen-bond donors (Lipinski definition) is 1. The fourth-order valence-corrected chi connectivity index (χ4v) is 3.31. The lowest BCUT2D eigenvalue weighted by Gasteiger charge is -2.28. The number of rotatable bonds is 1. The van der Waals surface area contributed by atoms with Gasteiger partial charge in [-0.2, -0.15) is 11.8 Å². The molecule has 1 saturated heterocycles. The van der Waals surface area contributed by atoms with Gasteiger partial charge in [0.05, 0.1) is 0 Å². The standard InChI is InChI=1S/C11H15NOS/c1-8-3-5-12-7-10(8)11(13)4-6-14-9(11)2/h3,5,7,9,13H,4,6H2,1-2H3. The molecule has 2 rings (SSSR count). The van der Waals surface area contributed by atoms with Crippen molar-refractivity contribution in [2.75, 3.05) is 5.75 Å². The van der Waals surface area contributed by atoms with Gasteiger partial charge in [-0.1, -0.05) is 6.92 Å². The van der Waals surface area contributed by atoms with Crippen molar-refractivity contribution >= 4 is 11.8 Å². The molecule has 2 heterocycles. The summed E-state index contributed by atoms with van der Waals surface area (Å²) in [4.78, 5) is 4.10. The maximum Gasteiger partial charge on any atom is 0.104 e. The molecule has 14 heavy (non-hydrogen) atoms. The van der Waals surface area contributed by atoms with Crippen molar-refractivity contribution in [2.45, 2.75) is 31.1 Å². The molecule has 1 aliphatic heterocycles. The van der Waals surface area contributed by atoms with E-state index in [1.165, 1.54) is 0 Å². The quantitative estimate of drug-likeness (QED) is 0.769. The highest BCUT2D eigenvalue weighted by Crippen LogP contribution is 2.43. The predicted molar refractivity (Wildman–Crippen MR) is 59.4 cm³/mol. The van der Waals surface area contributed by atoms with E-state index >= 15 is 0 Å². The van der Waals surface area contributed by atoms with Crippen molar-refractivity contribution in [3.63, 3.8) is 0 Å². The Bertz CT molecular complexity index is 342. The lowest BCUT2D eigenvalue weighted by molar-refractivity contribution is 0.0417. The van der Waals surface area contributed by atoms with E-state index in [0.717, 1.165) is 23.3 Å². The van der Waals surface area contributed by atoms with Crippen LogP contribution in [0.3, 0.4) is 0 Å². The normalized spacial score (nSPS) is 32.1. The zero-order chi connectivity index (χ0) is 10.2. The summed E-state index contributed by atoms with van der Waals surface area (Å²) in [5, 5.41) is 10.8. The van der Waals surface area contributed by atoms with Crippen molar-refractivity contribution in [3.8, 4) is 0 Å². The Kier molecular flexibility index (Phi) is 2.54. The summed E-state index contributed by atoms with van der Waals surface area (Å²) >= 11 is 1.83. The number of hydrogen-bond acceptors (Lipinski definition) is 3. The number of thioether (sulfide) groups is 1. The maximum atomic E-state index is 10.6. The highest BCUT2D eigenvalue weighted by Gasteiger charge is 2.41. The van der Waals surface area contributed by atoms with Crippen LogP contribution in [0.25, 0.3) is 0 Å². The Labute approximate surface area is 88.8 Å². The summed E-state index contributed by atoms with van der Waals surface area (Å²) in [5.41, 5.74) is 1.47. The zero-order valence-corrected chi connectivity index (χ0v) is 9.34. The van der Waals surface area contributed by atoms with Crippen LogP contribution in [-0.4, -0.2) is 21.1 Å². The van der Waals surface area contributed by atoms with E-state index in [1.54, 1.807) is 12.4 Å². The summed E-state index contributed by atoms with van der Waals surface area (Å²) in [6.45, 7) is 4.12. The van der Waals surface area contributed by atoms with Crippen LogP contribution in [0.2, 0.25) is 0 Å². The van der Waals surface area contributed by atoms with E-state index < -0.39 is 5.60 Å². The summed E-state index contributed by atoms with van der Waals surface area (Å²) in [6, 6.07) is 1.96. The Balaban J connectivity index is 2.43. The van der Waals surface area contributed by atoms with Crippen LogP contribution in [0.4, 0.5) is 0 Å². The summed E-state index contributed by atoms with van der Waals surface area (Å²) in [5.74, 6) is 1.03. The van der Waals surface area contributed by atoms with Crippen LogP contribution in [0.1, 0.15) is 24.5 Å². The van der Waals surface area contributed by atoms with Gasteiger partial charge >= 0.3 is 0 Å². The van der Waals surface area contributed by atoms with Crippen molar-refractivity contribution in [3.05, 3.63) is 29.6 Å². The van der Waals surface area contributed by atoms with Crippen molar-refractivity contribution in [1.29, 1.82) is 0 Å². The molecule has 2 nitrogen and oxygen atoms in total. The van der Waals surface area contributed by atoms with Crippen LogP contribution < -0.4 is 0 Å². The second-order valence-electron chi connectivity index (χ2n) is 3.88. The zero-order valence-electron chi connectivity index (χ0n) is 8.53. The van der Waals surface area contributed by atoms with Gasteiger partial charge in [0.15, 0.2) is 0 Å². The Morgan fingerprint density at radius 2 is 2.43 bits per heavy atom. The average Bonchev–Trinajstić information content (AvgIpc) is 2.49. The van der Waals surface area contributed by atoms with E-state index in [0.29, 0.717) is 0 Å². The van der Waals surface area contributed by atoms with Gasteiger partial charge < -0.3 is 5.11 Å². The fraction of sp³-hybridized carbons (Fsp3) is 0.545. The first-order chi connectivity index (χ1) is 6.64. The molecule has 0 spiro atoms. The topological polar surface area (TPSA) is 33.1 Å². The lowest BCUT2D eigenvalue weighted by atomic mass is 9.87. The van der Waals surface area contributed by atoms with E-state index in [2.05, 4.69) is 11.9 Å². The highest BCUT2D eigenvalue weighted by atomic mass is 32.2. The van der Waals surface area contributed by atoms with Gasteiger partial charge in [-0.3, -0.25) is 4.98 Å². The van der Waals surface area contributed by atoms with Gasteiger partial charge in [0, 0.05) is 23.2 Å². The maximum absolute atomic E-state index is 10.6. The fourth-order valence-electron chi connectivity index (χ4n) is 2.00. The molecule has 0 aliphatic carbocycles. The molecule has 0 saturated carbocycles. The second-order valence-corrected chi connectivity index (χ2v) is 5.33. The molecule has 3 heteroatoms. The van der Waals surface area contributed by atoms with E-state index in [4.69, 9.17) is 0 Å². The van der Waals surface area contributed by atoms with Crippen molar-refractivity contribution < 1.29 is 5.11 Å². The monoisotopic (exact) mass is 209 g/mol. The molecule has 0 bridgehead atoms. The largest absolute Gasteiger partial charge is 0.384 e. The van der Waals surface area contributed by atoms with Gasteiger partial charge in [0.25, 0.3) is 0 Å². The first kappa shape index (κ1) is 9.99. The van der Waals surface area contributed by atoms with Crippen LogP contribution in [0.15, 0.2) is 18.5 Å². The summed E-state index contributed by atoms with van der Waals surface area (Å²) in [6.07, 6.45) is 4.41. The van der Waals surface area contributed by atoms with Gasteiger partial charge in [0.1, 0.15) is 5.60 Å². The third-order valence-corrected chi connectivity index (χ3v) is 4.36. The molecule has 1 aromatic rings. The first-order valence-electron chi connectivity index (χ1n) is 4.89. The molecule has 0 amide bonds. The van der Waals surface area contributed by atoms with Crippen LogP contribution in [-0.2, 0) is 5.60 Å². The Morgan fingerprint density at radius 3 is 3.00 bits per heavy atom. The average molecular weight is 209 g/mol. The van der Waals surface area contributed by atoms with Crippen LogP contribution in [0.5, 0.6) is 0 Å². The minimum absolute atomic E-state index is 0.269. The van der Waals surface area contributed by atoms with Crippen LogP contribution in [0, 0.1) is 6.92 Å². The molecule has 1 aliphatic rings. The van der Waals surface area contributed by atoms with Gasteiger partial charge in [-0.25, -0.2) is 0 Å². The Morgan fingerprint density at radius 1 is 1.64 bits per heavy atom. The smallest absolute Gasteiger partial charge is 0.104 e. The van der Waals surface area contributed by atoms with Crippen molar-refractivity contribution in [1.82, 2.24) is 4.98 Å². The summed E-state index contributed by atoms with van der Waals surface area (Å²) in [7, 11) is 0. The number of pyridine rings is 1. The number of aryl methyl sites for hydroxylation is 1. The number of nitrogens with zero attached hydrogens (tertiary/aromatic N) is 1. The Hall–Kier alpha value is -0.540. The molecular formula is C11H15NOS.